The maximum absolute atomic E-state index is 12.1. The zero-order valence-corrected chi connectivity index (χ0v) is 14.2. The predicted octanol–water partition coefficient (Wildman–Crippen LogP) is 4.06. The van der Waals surface area contributed by atoms with E-state index in [9.17, 15) is 4.79 Å². The van der Waals surface area contributed by atoms with E-state index in [4.69, 9.17) is 9.26 Å². The molecule has 0 unspecified atom stereocenters. The minimum Gasteiger partial charge on any atom is -0.427 e. The van der Waals surface area contributed by atoms with E-state index >= 15 is 0 Å². The lowest BCUT2D eigenvalue weighted by Gasteiger charge is -2.04. The number of nitrogens with one attached hydrogen (secondary N) is 1. The van der Waals surface area contributed by atoms with Crippen LogP contribution in [0.25, 0.3) is 22.3 Å². The quantitative estimate of drug-likeness (QED) is 0.435. The second kappa shape index (κ2) is 6.84. The SMILES string of the molecule is Cc1nc(-c2ccc(OC(=O)CCc3c[nH]c4ccccc34)cc2)no1. The first kappa shape index (κ1) is 16.1. The molecule has 0 amide bonds. The van der Waals surface area contributed by atoms with Crippen LogP contribution in [0.2, 0.25) is 0 Å². The van der Waals surface area contributed by atoms with Crippen molar-refractivity contribution in [1.29, 1.82) is 0 Å². The van der Waals surface area contributed by atoms with Crippen molar-refractivity contribution < 1.29 is 14.1 Å². The summed E-state index contributed by atoms with van der Waals surface area (Å²) in [4.78, 5) is 19.5. The summed E-state index contributed by atoms with van der Waals surface area (Å²) in [6.45, 7) is 1.74. The molecule has 4 aromatic rings. The Morgan fingerprint density at radius 2 is 1.96 bits per heavy atom. The Morgan fingerprint density at radius 1 is 1.15 bits per heavy atom. The number of esters is 1. The number of nitrogens with zero attached hydrogens (tertiary/aromatic N) is 2. The smallest absolute Gasteiger partial charge is 0.311 e. The van der Waals surface area contributed by atoms with Crippen molar-refractivity contribution in [3.05, 3.63) is 66.2 Å². The molecule has 2 aromatic carbocycles. The molecule has 0 spiro atoms. The van der Waals surface area contributed by atoms with Crippen molar-refractivity contribution in [2.24, 2.45) is 0 Å². The number of benzene rings is 2. The fourth-order valence-electron chi connectivity index (χ4n) is 2.85. The molecule has 0 saturated carbocycles. The highest BCUT2D eigenvalue weighted by atomic mass is 16.5. The third-order valence-electron chi connectivity index (χ3n) is 4.15. The third-order valence-corrected chi connectivity index (χ3v) is 4.15. The molecule has 130 valence electrons. The van der Waals surface area contributed by atoms with E-state index in [0.29, 0.717) is 30.3 Å². The molecule has 26 heavy (non-hydrogen) atoms. The summed E-state index contributed by atoms with van der Waals surface area (Å²) in [5.74, 6) is 1.25. The van der Waals surface area contributed by atoms with Crippen LogP contribution in [0.4, 0.5) is 0 Å². The van der Waals surface area contributed by atoms with Crippen LogP contribution in [0.15, 0.2) is 59.3 Å². The molecule has 0 aliphatic heterocycles. The lowest BCUT2D eigenvalue weighted by Crippen LogP contribution is -2.08. The normalized spacial score (nSPS) is 11.0. The predicted molar refractivity (Wildman–Crippen MR) is 96.7 cm³/mol. The van der Waals surface area contributed by atoms with Crippen LogP contribution >= 0.6 is 0 Å². The third kappa shape index (κ3) is 3.35. The van der Waals surface area contributed by atoms with Gasteiger partial charge in [-0.05, 0) is 42.3 Å². The molecule has 2 heterocycles. The van der Waals surface area contributed by atoms with Gasteiger partial charge in [0.15, 0.2) is 0 Å². The first-order chi connectivity index (χ1) is 12.7. The van der Waals surface area contributed by atoms with Crippen LogP contribution in [-0.4, -0.2) is 21.1 Å². The zero-order valence-electron chi connectivity index (χ0n) is 14.2. The van der Waals surface area contributed by atoms with E-state index in [0.717, 1.165) is 22.0 Å². The number of carbonyl (C=O) groups is 1. The lowest BCUT2D eigenvalue weighted by molar-refractivity contribution is -0.134. The van der Waals surface area contributed by atoms with Gasteiger partial charge in [0.1, 0.15) is 5.75 Å². The molecule has 0 atom stereocenters. The van der Waals surface area contributed by atoms with Crippen LogP contribution in [-0.2, 0) is 11.2 Å². The second-order valence-corrected chi connectivity index (χ2v) is 5.99. The highest BCUT2D eigenvalue weighted by Crippen LogP contribution is 2.21. The first-order valence-electron chi connectivity index (χ1n) is 8.35. The summed E-state index contributed by atoms with van der Waals surface area (Å²) in [6, 6.07) is 15.1. The molecule has 4 rings (SSSR count). The minimum absolute atomic E-state index is 0.265. The van der Waals surface area contributed by atoms with E-state index in [1.807, 2.05) is 30.5 Å². The van der Waals surface area contributed by atoms with Crippen LogP contribution in [0.1, 0.15) is 17.9 Å². The maximum atomic E-state index is 12.1. The van der Waals surface area contributed by atoms with Gasteiger partial charge in [0.05, 0.1) is 6.42 Å². The Labute approximate surface area is 149 Å². The maximum Gasteiger partial charge on any atom is 0.311 e. The van der Waals surface area contributed by atoms with Crippen molar-refractivity contribution in [2.45, 2.75) is 19.8 Å². The zero-order chi connectivity index (χ0) is 17.9. The summed E-state index contributed by atoms with van der Waals surface area (Å²) < 4.78 is 10.4. The fraction of sp³-hybridized carbons (Fsp3) is 0.150. The number of hydrogen-bond donors (Lipinski definition) is 1. The Bertz CT molecular complexity index is 1050. The molecule has 0 aliphatic rings. The average molecular weight is 347 g/mol. The number of aromatic amines is 1. The minimum atomic E-state index is -0.265. The number of carbonyl (C=O) groups excluding carboxylic acids is 1. The van der Waals surface area contributed by atoms with Gasteiger partial charge in [0, 0.05) is 29.6 Å². The molecule has 0 fully saturated rings. The first-order valence-corrected chi connectivity index (χ1v) is 8.35. The van der Waals surface area contributed by atoms with Gasteiger partial charge in [-0.25, -0.2) is 0 Å². The van der Waals surface area contributed by atoms with Crippen LogP contribution in [0, 0.1) is 6.92 Å². The number of ether oxygens (including phenoxy) is 1. The Balaban J connectivity index is 1.37. The number of hydrogen-bond acceptors (Lipinski definition) is 5. The molecule has 6 heteroatoms. The van der Waals surface area contributed by atoms with Gasteiger partial charge in [-0.3, -0.25) is 4.79 Å². The highest BCUT2D eigenvalue weighted by Gasteiger charge is 2.10. The largest absolute Gasteiger partial charge is 0.427 e. The average Bonchev–Trinajstić information content (AvgIpc) is 3.27. The fourth-order valence-corrected chi connectivity index (χ4v) is 2.85. The van der Waals surface area contributed by atoms with Gasteiger partial charge >= 0.3 is 5.97 Å². The number of rotatable bonds is 5. The van der Waals surface area contributed by atoms with Crippen LogP contribution in [0.5, 0.6) is 5.75 Å². The molecule has 0 radical (unpaired) electrons. The molecule has 0 aliphatic carbocycles. The lowest BCUT2D eigenvalue weighted by atomic mass is 10.1. The van der Waals surface area contributed by atoms with Crippen molar-refractivity contribution in [2.75, 3.05) is 0 Å². The van der Waals surface area contributed by atoms with E-state index in [-0.39, 0.29) is 5.97 Å². The molecule has 1 N–H and O–H groups in total. The number of H-pyrrole nitrogens is 1. The summed E-state index contributed by atoms with van der Waals surface area (Å²) in [7, 11) is 0. The summed E-state index contributed by atoms with van der Waals surface area (Å²) in [5, 5.41) is 5.00. The topological polar surface area (TPSA) is 81.0 Å². The van der Waals surface area contributed by atoms with Crippen molar-refractivity contribution >= 4 is 16.9 Å². The van der Waals surface area contributed by atoms with Gasteiger partial charge in [-0.2, -0.15) is 4.98 Å². The molecular formula is C20H17N3O3. The molecular weight excluding hydrogens is 330 g/mol. The van der Waals surface area contributed by atoms with Gasteiger partial charge in [-0.15, -0.1) is 0 Å². The van der Waals surface area contributed by atoms with Gasteiger partial charge in [0.25, 0.3) is 0 Å². The van der Waals surface area contributed by atoms with E-state index < -0.39 is 0 Å². The number of aryl methyl sites for hydroxylation is 2. The molecule has 0 saturated heterocycles. The Hall–Kier alpha value is -3.41. The monoisotopic (exact) mass is 347 g/mol. The summed E-state index contributed by atoms with van der Waals surface area (Å²) >= 11 is 0. The second-order valence-electron chi connectivity index (χ2n) is 5.99. The van der Waals surface area contributed by atoms with Crippen molar-refractivity contribution in [1.82, 2.24) is 15.1 Å². The molecule has 6 nitrogen and oxygen atoms in total. The van der Waals surface area contributed by atoms with E-state index in [1.165, 1.54) is 0 Å². The summed E-state index contributed by atoms with van der Waals surface area (Å²) in [6.07, 6.45) is 2.89. The van der Waals surface area contributed by atoms with Crippen LogP contribution in [0.3, 0.4) is 0 Å². The van der Waals surface area contributed by atoms with Crippen LogP contribution < -0.4 is 4.74 Å². The molecule has 0 bridgehead atoms. The van der Waals surface area contributed by atoms with Gasteiger partial charge < -0.3 is 14.2 Å². The number of aromatic nitrogens is 3. The van der Waals surface area contributed by atoms with Gasteiger partial charge in [-0.1, -0.05) is 23.4 Å². The van der Waals surface area contributed by atoms with E-state index in [1.54, 1.807) is 31.2 Å². The van der Waals surface area contributed by atoms with Crippen molar-refractivity contribution in [3.8, 4) is 17.1 Å². The van der Waals surface area contributed by atoms with E-state index in [2.05, 4.69) is 15.1 Å². The highest BCUT2D eigenvalue weighted by molar-refractivity contribution is 5.83. The standard InChI is InChI=1S/C20H17N3O3/c1-13-22-20(23-26-13)14-6-9-16(10-7-14)25-19(24)11-8-15-12-21-18-5-3-2-4-17(15)18/h2-7,9-10,12,21H,8,11H2,1H3. The Kier molecular flexibility index (Phi) is 4.23. The number of fused-ring (bicyclic) bond motifs is 1. The molecule has 2 aromatic heterocycles. The number of para-hydroxylation sites is 1. The van der Waals surface area contributed by atoms with Gasteiger partial charge in [0.2, 0.25) is 11.7 Å². The van der Waals surface area contributed by atoms with Crippen molar-refractivity contribution in [3.63, 3.8) is 0 Å². The Morgan fingerprint density at radius 3 is 2.73 bits per heavy atom. The summed E-state index contributed by atoms with van der Waals surface area (Å²) in [5.41, 5.74) is 2.99.